The van der Waals surface area contributed by atoms with Crippen molar-refractivity contribution in [2.45, 2.75) is 42.6 Å². The highest BCUT2D eigenvalue weighted by Crippen LogP contribution is 2.29. The van der Waals surface area contributed by atoms with E-state index in [1.807, 2.05) is 35.7 Å². The minimum atomic E-state index is -3.30. The summed E-state index contributed by atoms with van der Waals surface area (Å²) in [4.78, 5) is 19.5. The number of anilines is 1. The molecule has 0 unspecified atom stereocenters. The van der Waals surface area contributed by atoms with Crippen LogP contribution in [0.1, 0.15) is 31.2 Å². The van der Waals surface area contributed by atoms with Crippen LogP contribution in [0.3, 0.4) is 0 Å². The van der Waals surface area contributed by atoms with Gasteiger partial charge >= 0.3 is 0 Å². The number of halogens is 3. The number of thioether (sulfide) groups is 1. The number of aromatic nitrogens is 1. The second kappa shape index (κ2) is 14.9. The van der Waals surface area contributed by atoms with Crippen LogP contribution in [0.4, 0.5) is 5.69 Å². The number of amides is 1. The number of likely N-dealkylation sites (tertiary alicyclic amines) is 1. The normalized spacial score (nSPS) is 14.5. The topological polar surface area (TPSA) is 91.4 Å². The van der Waals surface area contributed by atoms with Gasteiger partial charge in [0.05, 0.1) is 22.0 Å². The number of carbonyl (C=O) groups is 1. The molecule has 0 spiro atoms. The van der Waals surface area contributed by atoms with Crippen molar-refractivity contribution in [2.75, 3.05) is 29.8 Å². The fourth-order valence-electron chi connectivity index (χ4n) is 4.20. The molecule has 2 heterocycles. The minimum absolute atomic E-state index is 0. The van der Waals surface area contributed by atoms with Gasteiger partial charge in [-0.3, -0.25) is 14.4 Å². The molecule has 1 amide bonds. The molecule has 0 aliphatic carbocycles. The number of sulfonamides is 1. The summed E-state index contributed by atoms with van der Waals surface area (Å²) in [6.45, 7) is 2.70. The summed E-state index contributed by atoms with van der Waals surface area (Å²) in [7, 11) is -3.30. The van der Waals surface area contributed by atoms with Gasteiger partial charge in [0.1, 0.15) is 0 Å². The average molecular weight is 650 g/mol. The van der Waals surface area contributed by atoms with Crippen molar-refractivity contribution in [1.82, 2.24) is 15.2 Å². The van der Waals surface area contributed by atoms with Crippen molar-refractivity contribution >= 4 is 80.3 Å². The lowest BCUT2D eigenvalue weighted by Crippen LogP contribution is -2.44. The maximum atomic E-state index is 12.5. The first-order chi connectivity index (χ1) is 18.1. The molecule has 212 valence electrons. The Morgan fingerprint density at radius 3 is 2.51 bits per heavy atom. The number of hydrogen-bond acceptors (Lipinski definition) is 7. The van der Waals surface area contributed by atoms with E-state index in [4.69, 9.17) is 23.2 Å². The van der Waals surface area contributed by atoms with E-state index in [0.29, 0.717) is 22.2 Å². The zero-order valence-corrected chi connectivity index (χ0v) is 26.1. The van der Waals surface area contributed by atoms with E-state index in [9.17, 15) is 13.2 Å². The van der Waals surface area contributed by atoms with E-state index in [0.717, 1.165) is 72.1 Å². The fourth-order valence-corrected chi connectivity index (χ4v) is 6.93. The zero-order valence-electron chi connectivity index (χ0n) is 21.4. The van der Waals surface area contributed by atoms with Gasteiger partial charge in [0.25, 0.3) is 0 Å². The van der Waals surface area contributed by atoms with Gasteiger partial charge in [0.15, 0.2) is 4.34 Å². The number of nitrogens with one attached hydrogen (secondary N) is 2. The highest BCUT2D eigenvalue weighted by atomic mass is 35.5. The molecule has 2 N–H and O–H groups in total. The van der Waals surface area contributed by atoms with Crippen LogP contribution in [-0.4, -0.2) is 55.3 Å². The third-order valence-electron chi connectivity index (χ3n) is 6.08. The molecular weight excluding hydrogens is 619 g/mol. The summed E-state index contributed by atoms with van der Waals surface area (Å²) in [5, 5.41) is 6.33. The van der Waals surface area contributed by atoms with E-state index < -0.39 is 10.0 Å². The molecule has 0 saturated carbocycles. The summed E-state index contributed by atoms with van der Waals surface area (Å²) in [5.41, 5.74) is 3.45. The lowest BCUT2D eigenvalue weighted by Gasteiger charge is -2.32. The van der Waals surface area contributed by atoms with E-state index in [-0.39, 0.29) is 24.4 Å². The fraction of sp³-hybridized carbons (Fsp3) is 0.385. The summed E-state index contributed by atoms with van der Waals surface area (Å²) in [6.07, 6.45) is 4.29. The first-order valence-electron chi connectivity index (χ1n) is 12.3. The first kappa shape index (κ1) is 32.0. The summed E-state index contributed by atoms with van der Waals surface area (Å²) in [5.74, 6) is 0.927. The van der Waals surface area contributed by atoms with Gasteiger partial charge in [-0.25, -0.2) is 13.4 Å². The summed E-state index contributed by atoms with van der Waals surface area (Å²) in [6, 6.07) is 13.1. The minimum Gasteiger partial charge on any atom is -0.353 e. The molecule has 7 nitrogen and oxygen atoms in total. The van der Waals surface area contributed by atoms with Crippen molar-refractivity contribution in [3.05, 3.63) is 63.5 Å². The number of hydrogen-bond donors (Lipinski definition) is 2. The molecule has 1 aliphatic heterocycles. The zero-order chi connectivity index (χ0) is 27.1. The summed E-state index contributed by atoms with van der Waals surface area (Å²) >= 11 is 15.4. The van der Waals surface area contributed by atoms with Crippen LogP contribution < -0.4 is 10.0 Å². The Morgan fingerprint density at radius 1 is 1.13 bits per heavy atom. The first-order valence-corrected chi connectivity index (χ1v) is 16.8. The Labute approximate surface area is 254 Å². The van der Waals surface area contributed by atoms with Gasteiger partial charge < -0.3 is 5.32 Å². The molecular formula is C26H31Cl3N4O3S3. The molecule has 4 rings (SSSR count). The highest BCUT2D eigenvalue weighted by molar-refractivity contribution is 8.01. The standard InChI is InChI=1S/C26H30Cl2N4O3S3.ClH/c1-38(34,35)31-21-7-5-19(6-8-21)24-17-37-26(30-24)36-14-2-3-25(33)29-20-10-12-32(13-11-20)16-18-4-9-22(27)23(28)15-18;/h4-9,15,17,20,31H,2-3,10-14,16H2,1H3,(H,29,33);1H. The van der Waals surface area contributed by atoms with Crippen molar-refractivity contribution in [3.8, 4) is 11.3 Å². The number of nitrogens with zero attached hydrogens (tertiary/aromatic N) is 2. The van der Waals surface area contributed by atoms with E-state index in [2.05, 4.69) is 19.9 Å². The van der Waals surface area contributed by atoms with Gasteiger partial charge in [0, 0.05) is 54.5 Å². The van der Waals surface area contributed by atoms with Crippen LogP contribution in [0.15, 0.2) is 52.2 Å². The molecule has 0 bridgehead atoms. The largest absolute Gasteiger partial charge is 0.353 e. The van der Waals surface area contributed by atoms with Crippen molar-refractivity contribution in [2.24, 2.45) is 0 Å². The molecule has 0 radical (unpaired) electrons. The second-order valence-corrected chi connectivity index (χ2v) is 14.0. The Bertz CT molecular complexity index is 1350. The predicted molar refractivity (Wildman–Crippen MR) is 166 cm³/mol. The second-order valence-electron chi connectivity index (χ2n) is 9.27. The van der Waals surface area contributed by atoms with Gasteiger partial charge in [-0.15, -0.1) is 23.7 Å². The Hall–Kier alpha value is -1.53. The Kier molecular flexibility index (Phi) is 12.2. The molecule has 0 atom stereocenters. The monoisotopic (exact) mass is 648 g/mol. The van der Waals surface area contributed by atoms with Gasteiger partial charge in [-0.05, 0) is 49.1 Å². The van der Waals surface area contributed by atoms with E-state index in [1.54, 1.807) is 35.2 Å². The predicted octanol–water partition coefficient (Wildman–Crippen LogP) is 6.56. The van der Waals surface area contributed by atoms with Crippen molar-refractivity contribution in [1.29, 1.82) is 0 Å². The van der Waals surface area contributed by atoms with Crippen LogP contribution in [-0.2, 0) is 21.4 Å². The van der Waals surface area contributed by atoms with Crippen LogP contribution in [0, 0.1) is 0 Å². The maximum Gasteiger partial charge on any atom is 0.229 e. The van der Waals surface area contributed by atoms with E-state index in [1.165, 1.54) is 0 Å². The molecule has 1 aliphatic rings. The van der Waals surface area contributed by atoms with Crippen LogP contribution in [0.25, 0.3) is 11.3 Å². The number of thiazole rings is 1. The molecule has 2 aromatic carbocycles. The lowest BCUT2D eigenvalue weighted by molar-refractivity contribution is -0.122. The van der Waals surface area contributed by atoms with Crippen molar-refractivity contribution in [3.63, 3.8) is 0 Å². The van der Waals surface area contributed by atoms with Gasteiger partial charge in [-0.1, -0.05) is 53.2 Å². The quantitative estimate of drug-likeness (QED) is 0.181. The van der Waals surface area contributed by atoms with Crippen LogP contribution >= 0.6 is 58.7 Å². The van der Waals surface area contributed by atoms with E-state index >= 15 is 0 Å². The third kappa shape index (κ3) is 10.4. The summed E-state index contributed by atoms with van der Waals surface area (Å²) < 4.78 is 26.1. The smallest absolute Gasteiger partial charge is 0.229 e. The Balaban J connectivity index is 0.00000420. The molecule has 1 saturated heterocycles. The SMILES string of the molecule is CS(=O)(=O)Nc1ccc(-c2csc(SCCCC(=O)NC3CCN(Cc4ccc(Cl)c(Cl)c4)CC3)n2)cc1.Cl. The van der Waals surface area contributed by atoms with Gasteiger partial charge in [-0.2, -0.15) is 0 Å². The van der Waals surface area contributed by atoms with Crippen LogP contribution in [0.5, 0.6) is 0 Å². The number of benzene rings is 2. The maximum absolute atomic E-state index is 12.5. The Morgan fingerprint density at radius 2 is 1.85 bits per heavy atom. The van der Waals surface area contributed by atoms with Gasteiger partial charge in [0.2, 0.25) is 15.9 Å². The number of piperidine rings is 1. The van der Waals surface area contributed by atoms with Crippen molar-refractivity contribution < 1.29 is 13.2 Å². The number of carbonyl (C=O) groups excluding carboxylic acids is 1. The molecule has 1 aromatic heterocycles. The average Bonchev–Trinajstić information content (AvgIpc) is 3.34. The molecule has 3 aromatic rings. The number of rotatable bonds is 11. The highest BCUT2D eigenvalue weighted by Gasteiger charge is 2.21. The molecule has 39 heavy (non-hydrogen) atoms. The third-order valence-corrected chi connectivity index (χ3v) is 9.54. The molecule has 13 heteroatoms. The lowest BCUT2D eigenvalue weighted by atomic mass is 10.0. The van der Waals surface area contributed by atoms with Crippen LogP contribution in [0.2, 0.25) is 10.0 Å². The molecule has 1 fully saturated rings.